The molecule has 1 aromatic carbocycles. The third-order valence-corrected chi connectivity index (χ3v) is 6.27. The van der Waals surface area contributed by atoms with Gasteiger partial charge in [-0.2, -0.15) is 0 Å². The molecule has 0 amide bonds. The van der Waals surface area contributed by atoms with Crippen LogP contribution < -0.4 is 5.32 Å². The Bertz CT molecular complexity index is 1160. The van der Waals surface area contributed by atoms with Crippen molar-refractivity contribution in [3.63, 3.8) is 0 Å². The molecule has 3 aromatic heterocycles. The number of benzene rings is 1. The monoisotopic (exact) mass is 388 g/mol. The van der Waals surface area contributed by atoms with Gasteiger partial charge in [0.25, 0.3) is 0 Å². The van der Waals surface area contributed by atoms with Crippen LogP contribution in [0.3, 0.4) is 0 Å². The Morgan fingerprint density at radius 2 is 2.03 bits per heavy atom. The van der Waals surface area contributed by atoms with Gasteiger partial charge in [0.15, 0.2) is 0 Å². The molecule has 0 spiro atoms. The number of nitrogens with zero attached hydrogens (tertiary/aromatic N) is 2. The molecule has 1 aliphatic rings. The number of hydrogen-bond acceptors (Lipinski definition) is 3. The van der Waals surface area contributed by atoms with Gasteiger partial charge in [0.1, 0.15) is 5.65 Å². The summed E-state index contributed by atoms with van der Waals surface area (Å²) in [5.74, 6) is 1.03. The zero-order chi connectivity index (χ0) is 20.0. The number of pyridine rings is 1. The van der Waals surface area contributed by atoms with Gasteiger partial charge in [-0.15, -0.1) is 0 Å². The van der Waals surface area contributed by atoms with E-state index in [2.05, 4.69) is 59.6 Å². The lowest BCUT2D eigenvalue weighted by atomic mass is 9.88. The number of aliphatic hydroxyl groups excluding tert-OH is 1. The SMILES string of the molecule is CC(C)c1c(-c2cc(CO)c3nccn3c2)[nH]c2ccc(C3CCNCC3)cc12. The second-order valence-electron chi connectivity index (χ2n) is 8.47. The molecule has 4 heterocycles. The molecule has 0 bridgehead atoms. The fourth-order valence-electron chi connectivity index (χ4n) is 4.83. The average molecular weight is 389 g/mol. The first kappa shape index (κ1) is 18.4. The number of rotatable bonds is 4. The highest BCUT2D eigenvalue weighted by molar-refractivity contribution is 5.92. The van der Waals surface area contributed by atoms with Crippen LogP contribution in [0.15, 0.2) is 42.9 Å². The number of H-pyrrole nitrogens is 1. The zero-order valence-corrected chi connectivity index (χ0v) is 17.1. The summed E-state index contributed by atoms with van der Waals surface area (Å²) in [6.45, 7) is 6.70. The van der Waals surface area contributed by atoms with Crippen molar-refractivity contribution in [1.82, 2.24) is 19.7 Å². The highest BCUT2D eigenvalue weighted by atomic mass is 16.3. The molecule has 0 aliphatic carbocycles. The molecular weight excluding hydrogens is 360 g/mol. The largest absolute Gasteiger partial charge is 0.392 e. The highest BCUT2D eigenvalue weighted by Gasteiger charge is 2.20. The highest BCUT2D eigenvalue weighted by Crippen LogP contribution is 2.38. The third kappa shape index (κ3) is 3.15. The normalized spacial score (nSPS) is 15.7. The van der Waals surface area contributed by atoms with Gasteiger partial charge in [-0.3, -0.25) is 0 Å². The number of nitrogens with one attached hydrogen (secondary N) is 2. The summed E-state index contributed by atoms with van der Waals surface area (Å²) >= 11 is 0. The minimum absolute atomic E-state index is 0.0224. The van der Waals surface area contributed by atoms with Crippen molar-refractivity contribution in [2.45, 2.75) is 45.1 Å². The van der Waals surface area contributed by atoms with E-state index in [-0.39, 0.29) is 6.61 Å². The van der Waals surface area contributed by atoms with Gasteiger partial charge in [-0.25, -0.2) is 4.98 Å². The lowest BCUT2D eigenvalue weighted by Crippen LogP contribution is -2.26. The molecule has 5 nitrogen and oxygen atoms in total. The van der Waals surface area contributed by atoms with Crippen molar-refractivity contribution in [2.75, 3.05) is 13.1 Å². The summed E-state index contributed by atoms with van der Waals surface area (Å²) in [5, 5.41) is 14.6. The number of aliphatic hydroxyl groups is 1. The molecule has 0 saturated carbocycles. The van der Waals surface area contributed by atoms with Crippen LogP contribution >= 0.6 is 0 Å². The van der Waals surface area contributed by atoms with Gasteiger partial charge >= 0.3 is 0 Å². The van der Waals surface area contributed by atoms with Gasteiger partial charge in [0.05, 0.1) is 12.3 Å². The summed E-state index contributed by atoms with van der Waals surface area (Å²) in [5.41, 5.74) is 7.86. The second-order valence-corrected chi connectivity index (χ2v) is 8.47. The van der Waals surface area contributed by atoms with Crippen molar-refractivity contribution in [3.05, 3.63) is 59.5 Å². The van der Waals surface area contributed by atoms with Gasteiger partial charge in [-0.1, -0.05) is 19.9 Å². The number of fused-ring (bicyclic) bond motifs is 2. The minimum Gasteiger partial charge on any atom is -0.392 e. The molecule has 150 valence electrons. The summed E-state index contributed by atoms with van der Waals surface area (Å²) < 4.78 is 2.00. The maximum Gasteiger partial charge on any atom is 0.142 e. The van der Waals surface area contributed by atoms with E-state index in [0.717, 1.165) is 35.6 Å². The second kappa shape index (κ2) is 7.32. The van der Waals surface area contributed by atoms with Crippen LogP contribution in [0, 0.1) is 0 Å². The maximum absolute atomic E-state index is 9.86. The molecule has 0 unspecified atom stereocenters. The summed E-state index contributed by atoms with van der Waals surface area (Å²) in [4.78, 5) is 8.05. The minimum atomic E-state index is -0.0224. The first-order valence-corrected chi connectivity index (χ1v) is 10.6. The molecule has 0 radical (unpaired) electrons. The van der Waals surface area contributed by atoms with Crippen molar-refractivity contribution >= 4 is 16.6 Å². The number of imidazole rings is 1. The van der Waals surface area contributed by atoms with Crippen LogP contribution in [0.4, 0.5) is 0 Å². The molecular formula is C24H28N4O. The van der Waals surface area contributed by atoms with E-state index in [1.807, 2.05) is 10.6 Å². The average Bonchev–Trinajstić information content (AvgIpc) is 3.37. The van der Waals surface area contributed by atoms with E-state index in [1.54, 1.807) is 6.20 Å². The van der Waals surface area contributed by atoms with Crippen LogP contribution in [0.1, 0.15) is 55.2 Å². The maximum atomic E-state index is 9.86. The van der Waals surface area contributed by atoms with Crippen LogP contribution in [0.25, 0.3) is 27.8 Å². The quantitative estimate of drug-likeness (QED) is 0.480. The van der Waals surface area contributed by atoms with E-state index in [1.165, 1.54) is 34.9 Å². The molecule has 29 heavy (non-hydrogen) atoms. The standard InChI is InChI=1S/C24H28N4O/c1-15(2)22-20-12-17(16-5-7-25-8-6-16)3-4-21(20)27-23(22)18-11-19(14-29)24-26-9-10-28(24)13-18/h3-4,9-13,15-16,25,27,29H,5-8,14H2,1-2H3. The Hall–Kier alpha value is -2.63. The fourth-order valence-corrected chi connectivity index (χ4v) is 4.83. The summed E-state index contributed by atoms with van der Waals surface area (Å²) in [6.07, 6.45) is 8.22. The molecule has 1 fully saturated rings. The molecule has 1 aliphatic heterocycles. The molecule has 4 aromatic rings. The summed E-state index contributed by atoms with van der Waals surface area (Å²) in [6, 6.07) is 9.00. The fraction of sp³-hybridized carbons (Fsp3) is 0.375. The van der Waals surface area contributed by atoms with Crippen molar-refractivity contribution in [2.24, 2.45) is 0 Å². The topological polar surface area (TPSA) is 65.3 Å². The number of aromatic amines is 1. The smallest absolute Gasteiger partial charge is 0.142 e. The Morgan fingerprint density at radius 3 is 2.79 bits per heavy atom. The van der Waals surface area contributed by atoms with E-state index in [4.69, 9.17) is 0 Å². The van der Waals surface area contributed by atoms with Gasteiger partial charge in [0.2, 0.25) is 0 Å². The van der Waals surface area contributed by atoms with E-state index in [0.29, 0.717) is 11.8 Å². The predicted octanol–water partition coefficient (Wildman–Crippen LogP) is 4.57. The molecule has 5 rings (SSSR count). The lowest BCUT2D eigenvalue weighted by Gasteiger charge is -2.23. The molecule has 1 saturated heterocycles. The Morgan fingerprint density at radius 1 is 1.21 bits per heavy atom. The zero-order valence-electron chi connectivity index (χ0n) is 17.1. The van der Waals surface area contributed by atoms with E-state index < -0.39 is 0 Å². The van der Waals surface area contributed by atoms with Gasteiger partial charge in [0, 0.05) is 40.6 Å². The Balaban J connectivity index is 1.68. The van der Waals surface area contributed by atoms with E-state index >= 15 is 0 Å². The first-order chi connectivity index (χ1) is 14.2. The van der Waals surface area contributed by atoms with Crippen molar-refractivity contribution in [3.8, 4) is 11.3 Å². The number of aromatic nitrogens is 3. The number of piperidine rings is 1. The van der Waals surface area contributed by atoms with E-state index in [9.17, 15) is 5.11 Å². The first-order valence-electron chi connectivity index (χ1n) is 10.6. The van der Waals surface area contributed by atoms with Gasteiger partial charge < -0.3 is 19.8 Å². The lowest BCUT2D eigenvalue weighted by molar-refractivity contribution is 0.282. The van der Waals surface area contributed by atoms with Gasteiger partial charge in [-0.05, 0) is 67.1 Å². The molecule has 3 N–H and O–H groups in total. The third-order valence-electron chi connectivity index (χ3n) is 6.27. The summed E-state index contributed by atoms with van der Waals surface area (Å²) in [7, 11) is 0. The Kier molecular flexibility index (Phi) is 4.64. The Labute approximate surface area is 170 Å². The van der Waals surface area contributed by atoms with Crippen molar-refractivity contribution in [1.29, 1.82) is 0 Å². The molecule has 5 heteroatoms. The van der Waals surface area contributed by atoms with Crippen molar-refractivity contribution < 1.29 is 5.11 Å². The van der Waals surface area contributed by atoms with Crippen LogP contribution in [0.2, 0.25) is 0 Å². The van der Waals surface area contributed by atoms with Crippen LogP contribution in [-0.2, 0) is 6.61 Å². The van der Waals surface area contributed by atoms with Crippen LogP contribution in [-0.4, -0.2) is 32.6 Å². The predicted molar refractivity (Wildman–Crippen MR) is 117 cm³/mol. The van der Waals surface area contributed by atoms with Crippen LogP contribution in [0.5, 0.6) is 0 Å². The molecule has 0 atom stereocenters. The number of hydrogen-bond donors (Lipinski definition) is 3.